The van der Waals surface area contributed by atoms with Crippen molar-refractivity contribution in [3.63, 3.8) is 0 Å². The third-order valence-electron chi connectivity index (χ3n) is 5.57. The second kappa shape index (κ2) is 10.1. The van der Waals surface area contributed by atoms with Crippen LogP contribution in [0.15, 0.2) is 12.1 Å². The maximum Gasteiger partial charge on any atom is 0.354 e. The summed E-state index contributed by atoms with van der Waals surface area (Å²) >= 11 is 0. The van der Waals surface area contributed by atoms with Crippen molar-refractivity contribution in [2.24, 2.45) is 5.92 Å². The summed E-state index contributed by atoms with van der Waals surface area (Å²) in [5, 5.41) is 14.5. The zero-order chi connectivity index (χ0) is 22.5. The molecule has 1 unspecified atom stereocenters. The fourth-order valence-electron chi connectivity index (χ4n) is 3.90. The maximum atomic E-state index is 12.6. The summed E-state index contributed by atoms with van der Waals surface area (Å²) < 4.78 is 21.7. The van der Waals surface area contributed by atoms with Crippen molar-refractivity contribution in [3.8, 4) is 28.4 Å². The molecule has 2 aromatic rings. The van der Waals surface area contributed by atoms with E-state index in [1.54, 1.807) is 27.4 Å². The molecule has 0 saturated heterocycles. The third-order valence-corrected chi connectivity index (χ3v) is 5.57. The van der Waals surface area contributed by atoms with Gasteiger partial charge in [0.15, 0.2) is 11.5 Å². The van der Waals surface area contributed by atoms with Crippen LogP contribution in [-0.4, -0.2) is 51.0 Å². The van der Waals surface area contributed by atoms with Crippen molar-refractivity contribution >= 4 is 5.97 Å². The van der Waals surface area contributed by atoms with Crippen LogP contribution in [0.3, 0.4) is 0 Å². The Kier molecular flexibility index (Phi) is 7.46. The average Bonchev–Trinajstić information content (AvgIpc) is 3.58. The van der Waals surface area contributed by atoms with Crippen molar-refractivity contribution in [1.82, 2.24) is 10.3 Å². The van der Waals surface area contributed by atoms with Gasteiger partial charge in [-0.15, -0.1) is 0 Å². The lowest BCUT2D eigenvalue weighted by molar-refractivity contribution is 0.0585. The number of ether oxygens (including phenoxy) is 4. The van der Waals surface area contributed by atoms with Gasteiger partial charge in [0.1, 0.15) is 5.69 Å². The Morgan fingerprint density at radius 1 is 1.16 bits per heavy atom. The smallest absolute Gasteiger partial charge is 0.354 e. The number of carbonyl (C=O) groups is 1. The lowest BCUT2D eigenvalue weighted by Gasteiger charge is -2.19. The van der Waals surface area contributed by atoms with Gasteiger partial charge in [0.25, 0.3) is 0 Å². The molecule has 0 bridgehead atoms. The first-order valence-electron chi connectivity index (χ1n) is 10.5. The standard InChI is InChI=1S/C23H32N2O6/c1-6-11-24-12-15-17(14-9-10-16(28-2)22(30-4)21(14)29-3)18(20(26)13-7-8-13)19(25-15)23(27)31-5/h9-10,13,20,24-26H,6-8,11-12H2,1-5H3. The Labute approximate surface area is 182 Å². The number of carbonyl (C=O) groups excluding carboxylic acids is 1. The molecule has 1 saturated carbocycles. The Hall–Kier alpha value is -2.71. The van der Waals surface area contributed by atoms with Gasteiger partial charge in [-0.1, -0.05) is 6.92 Å². The van der Waals surface area contributed by atoms with Crippen LogP contribution in [0, 0.1) is 5.92 Å². The summed E-state index contributed by atoms with van der Waals surface area (Å²) in [4.78, 5) is 15.8. The number of aliphatic hydroxyl groups is 1. The van der Waals surface area contributed by atoms with Gasteiger partial charge in [-0.25, -0.2) is 4.79 Å². The van der Waals surface area contributed by atoms with Crippen LogP contribution in [0.4, 0.5) is 0 Å². The molecule has 170 valence electrons. The molecule has 0 radical (unpaired) electrons. The fourth-order valence-corrected chi connectivity index (χ4v) is 3.90. The summed E-state index contributed by atoms with van der Waals surface area (Å²) in [5.74, 6) is 1.04. The van der Waals surface area contributed by atoms with E-state index in [0.29, 0.717) is 34.9 Å². The largest absolute Gasteiger partial charge is 0.493 e. The lowest BCUT2D eigenvalue weighted by Crippen LogP contribution is -2.15. The molecule has 1 fully saturated rings. The van der Waals surface area contributed by atoms with Gasteiger partial charge in [0.05, 0.1) is 34.5 Å². The minimum absolute atomic E-state index is 0.112. The zero-order valence-corrected chi connectivity index (χ0v) is 18.8. The third kappa shape index (κ3) is 4.50. The van der Waals surface area contributed by atoms with E-state index in [4.69, 9.17) is 18.9 Å². The monoisotopic (exact) mass is 432 g/mol. The van der Waals surface area contributed by atoms with E-state index in [9.17, 15) is 9.90 Å². The van der Waals surface area contributed by atoms with Crippen molar-refractivity contribution in [3.05, 3.63) is 29.1 Å². The van der Waals surface area contributed by atoms with E-state index >= 15 is 0 Å². The Morgan fingerprint density at radius 2 is 1.87 bits per heavy atom. The first-order valence-corrected chi connectivity index (χ1v) is 10.5. The molecule has 1 aromatic heterocycles. The molecule has 0 spiro atoms. The number of nitrogens with one attached hydrogen (secondary N) is 2. The predicted octanol–water partition coefficient (Wildman–Crippen LogP) is 3.44. The van der Waals surface area contributed by atoms with Crippen LogP contribution in [0.1, 0.15) is 54.0 Å². The summed E-state index contributed by atoms with van der Waals surface area (Å²) in [6, 6.07) is 3.65. The normalized spacial score (nSPS) is 14.3. The molecule has 0 amide bonds. The highest BCUT2D eigenvalue weighted by Crippen LogP contribution is 2.50. The predicted molar refractivity (Wildman–Crippen MR) is 117 cm³/mol. The van der Waals surface area contributed by atoms with Crippen LogP contribution < -0.4 is 19.5 Å². The van der Waals surface area contributed by atoms with Crippen LogP contribution in [0.25, 0.3) is 11.1 Å². The number of aromatic amines is 1. The van der Waals surface area contributed by atoms with Crippen molar-refractivity contribution < 1.29 is 28.8 Å². The van der Waals surface area contributed by atoms with E-state index in [1.165, 1.54) is 7.11 Å². The van der Waals surface area contributed by atoms with E-state index in [0.717, 1.165) is 37.1 Å². The minimum Gasteiger partial charge on any atom is -0.493 e. The molecule has 3 N–H and O–H groups in total. The number of hydrogen-bond acceptors (Lipinski definition) is 7. The summed E-state index contributed by atoms with van der Waals surface area (Å²) in [7, 11) is 6.00. The first kappa shape index (κ1) is 23.0. The van der Waals surface area contributed by atoms with Gasteiger partial charge in [0, 0.05) is 28.9 Å². The number of benzene rings is 1. The van der Waals surface area contributed by atoms with Gasteiger partial charge >= 0.3 is 5.97 Å². The highest BCUT2D eigenvalue weighted by atomic mass is 16.5. The molecule has 31 heavy (non-hydrogen) atoms. The van der Waals surface area contributed by atoms with Crippen LogP contribution in [-0.2, 0) is 11.3 Å². The number of rotatable bonds is 11. The molecule has 1 aliphatic rings. The topological polar surface area (TPSA) is 102 Å². The van der Waals surface area contributed by atoms with Gasteiger partial charge in [-0.3, -0.25) is 0 Å². The molecule has 1 heterocycles. The Balaban J connectivity index is 2.28. The second-order valence-electron chi connectivity index (χ2n) is 7.60. The van der Waals surface area contributed by atoms with E-state index in [2.05, 4.69) is 17.2 Å². The van der Waals surface area contributed by atoms with Gasteiger partial charge in [0.2, 0.25) is 5.75 Å². The first-order chi connectivity index (χ1) is 15.0. The van der Waals surface area contributed by atoms with Crippen molar-refractivity contribution in [1.29, 1.82) is 0 Å². The van der Waals surface area contributed by atoms with Crippen LogP contribution in [0.5, 0.6) is 17.2 Å². The quantitative estimate of drug-likeness (QED) is 0.369. The number of hydrogen-bond donors (Lipinski definition) is 3. The Bertz CT molecular complexity index is 919. The maximum absolute atomic E-state index is 12.6. The molecule has 8 nitrogen and oxygen atoms in total. The number of methoxy groups -OCH3 is 4. The molecule has 0 aliphatic heterocycles. The van der Waals surface area contributed by atoms with Crippen molar-refractivity contribution in [2.75, 3.05) is 35.0 Å². The molecule has 3 rings (SSSR count). The van der Waals surface area contributed by atoms with Crippen molar-refractivity contribution in [2.45, 2.75) is 38.8 Å². The van der Waals surface area contributed by atoms with E-state index < -0.39 is 12.1 Å². The molecule has 1 aromatic carbocycles. The fraction of sp³-hybridized carbons (Fsp3) is 0.522. The number of H-pyrrole nitrogens is 1. The lowest BCUT2D eigenvalue weighted by atomic mass is 9.93. The molecular formula is C23H32N2O6. The van der Waals surface area contributed by atoms with E-state index in [-0.39, 0.29) is 11.6 Å². The minimum atomic E-state index is -0.793. The number of esters is 1. The van der Waals surface area contributed by atoms with Gasteiger partial charge in [-0.05, 0) is 43.9 Å². The number of aliphatic hydroxyl groups excluding tert-OH is 1. The zero-order valence-electron chi connectivity index (χ0n) is 18.8. The molecule has 1 aliphatic carbocycles. The number of aromatic nitrogens is 1. The van der Waals surface area contributed by atoms with Gasteiger partial charge in [-0.2, -0.15) is 0 Å². The second-order valence-corrected chi connectivity index (χ2v) is 7.60. The SMILES string of the molecule is CCCNCc1[nH]c(C(=O)OC)c(C(O)C2CC2)c1-c1ccc(OC)c(OC)c1OC. The summed E-state index contributed by atoms with van der Waals surface area (Å²) in [6.07, 6.45) is 2.01. The van der Waals surface area contributed by atoms with E-state index in [1.807, 2.05) is 6.07 Å². The van der Waals surface area contributed by atoms with Gasteiger partial charge < -0.3 is 34.4 Å². The average molecular weight is 433 g/mol. The molecular weight excluding hydrogens is 400 g/mol. The summed E-state index contributed by atoms with van der Waals surface area (Å²) in [5.41, 5.74) is 3.00. The molecule has 8 heteroatoms. The van der Waals surface area contributed by atoms with Crippen LogP contribution in [0.2, 0.25) is 0 Å². The highest BCUT2D eigenvalue weighted by Gasteiger charge is 2.38. The molecule has 1 atom stereocenters. The Morgan fingerprint density at radius 3 is 2.42 bits per heavy atom. The summed E-state index contributed by atoms with van der Waals surface area (Å²) in [6.45, 7) is 3.39. The van der Waals surface area contributed by atoms with Crippen LogP contribution >= 0.6 is 0 Å². The highest BCUT2D eigenvalue weighted by molar-refractivity contribution is 5.94.